The first-order chi connectivity index (χ1) is 15.5. The number of nitrogens with zero attached hydrogens (tertiary/aromatic N) is 5. The van der Waals surface area contributed by atoms with Gasteiger partial charge in [-0.25, -0.2) is 9.48 Å². The summed E-state index contributed by atoms with van der Waals surface area (Å²) in [5.41, 5.74) is 1.56. The molecule has 1 aliphatic heterocycles. The number of hydrogen-bond acceptors (Lipinski definition) is 7. The summed E-state index contributed by atoms with van der Waals surface area (Å²) >= 11 is 0. The number of benzene rings is 2. The van der Waals surface area contributed by atoms with Gasteiger partial charge < -0.3 is 4.74 Å². The predicted octanol–water partition coefficient (Wildman–Crippen LogP) is 2.80. The number of ether oxygens (including phenoxy) is 1. The van der Waals surface area contributed by atoms with Crippen LogP contribution in [0.5, 0.6) is 0 Å². The van der Waals surface area contributed by atoms with Gasteiger partial charge in [-0.05, 0) is 34.0 Å². The minimum atomic E-state index is -0.788. The van der Waals surface area contributed by atoms with Gasteiger partial charge in [0.1, 0.15) is 6.61 Å². The van der Waals surface area contributed by atoms with E-state index in [1.54, 1.807) is 24.3 Å². The monoisotopic (exact) mass is 433 g/mol. The molecule has 1 aliphatic rings. The summed E-state index contributed by atoms with van der Waals surface area (Å²) in [4.78, 5) is 39.6. The number of carbonyl (C=O) groups is 3. The van der Waals surface area contributed by atoms with Crippen molar-refractivity contribution in [3.8, 4) is 0 Å². The molecule has 0 radical (unpaired) electrons. The van der Waals surface area contributed by atoms with Gasteiger partial charge in [-0.2, -0.15) is 0 Å². The second-order valence-electron chi connectivity index (χ2n) is 7.71. The third-order valence-electron chi connectivity index (χ3n) is 5.65. The largest absolute Gasteiger partial charge is 0.459 e. The van der Waals surface area contributed by atoms with E-state index in [2.05, 4.69) is 15.5 Å². The van der Waals surface area contributed by atoms with Crippen LogP contribution in [0.4, 0.5) is 0 Å². The lowest BCUT2D eigenvalue weighted by Gasteiger charge is -2.23. The highest BCUT2D eigenvalue weighted by Gasteiger charge is 2.38. The smallest absolute Gasteiger partial charge is 0.331 e. The lowest BCUT2D eigenvalue weighted by Crippen LogP contribution is -2.34. The van der Waals surface area contributed by atoms with Gasteiger partial charge in [-0.1, -0.05) is 62.7 Å². The summed E-state index contributed by atoms with van der Waals surface area (Å²) in [7, 11) is 0. The Labute approximate surface area is 185 Å². The van der Waals surface area contributed by atoms with Crippen molar-refractivity contribution < 1.29 is 19.1 Å². The number of imide groups is 1. The van der Waals surface area contributed by atoms with Crippen LogP contribution in [0, 0.1) is 5.92 Å². The van der Waals surface area contributed by atoms with Crippen molar-refractivity contribution in [3.63, 3.8) is 0 Å². The molecule has 3 aromatic rings. The summed E-state index contributed by atoms with van der Waals surface area (Å²) in [5.74, 6) is -1.19. The van der Waals surface area contributed by atoms with Crippen LogP contribution < -0.4 is 0 Å². The molecule has 0 aliphatic carbocycles. The molecule has 164 valence electrons. The summed E-state index contributed by atoms with van der Waals surface area (Å²) in [5, 5.41) is 11.7. The van der Waals surface area contributed by atoms with E-state index in [0.29, 0.717) is 17.5 Å². The number of tetrazole rings is 1. The van der Waals surface area contributed by atoms with Crippen LogP contribution in [0.15, 0.2) is 54.6 Å². The molecule has 2 amide bonds. The van der Waals surface area contributed by atoms with Crippen molar-refractivity contribution in [2.75, 3.05) is 0 Å². The number of fused-ring (bicyclic) bond motifs is 1. The first-order valence-electron chi connectivity index (χ1n) is 10.4. The Kier molecular flexibility index (Phi) is 6.07. The normalized spacial score (nSPS) is 14.9. The molecule has 4 rings (SSSR count). The molecule has 0 saturated carbocycles. The third kappa shape index (κ3) is 4.01. The lowest BCUT2D eigenvalue weighted by molar-refractivity contribution is -0.151. The van der Waals surface area contributed by atoms with Crippen LogP contribution in [0.1, 0.15) is 58.4 Å². The van der Waals surface area contributed by atoms with Gasteiger partial charge in [0.25, 0.3) is 11.8 Å². The molecule has 0 bridgehead atoms. The average molecular weight is 433 g/mol. The second kappa shape index (κ2) is 9.09. The topological polar surface area (TPSA) is 107 Å². The van der Waals surface area contributed by atoms with Crippen molar-refractivity contribution in [1.82, 2.24) is 25.1 Å². The molecule has 1 aromatic heterocycles. The fraction of sp³-hybridized carbons (Fsp3) is 0.304. The second-order valence-corrected chi connectivity index (χ2v) is 7.71. The summed E-state index contributed by atoms with van der Waals surface area (Å²) < 4.78 is 6.92. The van der Waals surface area contributed by atoms with Gasteiger partial charge in [0.05, 0.1) is 17.7 Å². The van der Waals surface area contributed by atoms with Crippen LogP contribution in [-0.2, 0) is 22.7 Å². The minimum absolute atomic E-state index is 0.127. The maximum atomic E-state index is 13.0. The number of aromatic nitrogens is 4. The fourth-order valence-corrected chi connectivity index (χ4v) is 3.67. The summed E-state index contributed by atoms with van der Waals surface area (Å²) in [6, 6.07) is 15.2. The van der Waals surface area contributed by atoms with Crippen LogP contribution in [-0.4, -0.2) is 42.9 Å². The number of amides is 2. The summed E-state index contributed by atoms with van der Waals surface area (Å²) in [6.07, 6.45) is 0.678. The highest BCUT2D eigenvalue weighted by atomic mass is 16.5. The van der Waals surface area contributed by atoms with Gasteiger partial charge in [-0.3, -0.25) is 14.5 Å². The average Bonchev–Trinajstić information content (AvgIpc) is 3.37. The molecule has 2 aromatic carbocycles. The highest BCUT2D eigenvalue weighted by Crippen LogP contribution is 2.27. The Balaban J connectivity index is 1.56. The van der Waals surface area contributed by atoms with Crippen LogP contribution in [0.25, 0.3) is 0 Å². The zero-order valence-electron chi connectivity index (χ0n) is 17.8. The van der Waals surface area contributed by atoms with E-state index in [4.69, 9.17) is 4.74 Å². The molecular formula is C23H23N5O4. The molecule has 0 N–H and O–H groups in total. The molecule has 32 heavy (non-hydrogen) atoms. The Morgan fingerprint density at radius 1 is 1.00 bits per heavy atom. The van der Waals surface area contributed by atoms with Gasteiger partial charge >= 0.3 is 5.97 Å². The van der Waals surface area contributed by atoms with Crippen molar-refractivity contribution in [3.05, 3.63) is 77.1 Å². The van der Waals surface area contributed by atoms with Crippen LogP contribution >= 0.6 is 0 Å². The lowest BCUT2D eigenvalue weighted by atomic mass is 9.99. The van der Waals surface area contributed by atoms with E-state index in [9.17, 15) is 14.4 Å². The van der Waals surface area contributed by atoms with Crippen molar-refractivity contribution in [2.24, 2.45) is 5.92 Å². The van der Waals surface area contributed by atoms with E-state index < -0.39 is 23.8 Å². The molecule has 0 spiro atoms. The number of carbonyl (C=O) groups excluding carboxylic acids is 3. The first kappa shape index (κ1) is 21.4. The van der Waals surface area contributed by atoms with Gasteiger partial charge in [-0.15, -0.1) is 5.10 Å². The number of esters is 1. The SMILES string of the molecule is CC[C@H](C)[C@@H](C(=O)OCc1ccccc1)n1nnnc1CN1C(=O)c2ccccc2C1=O. The minimum Gasteiger partial charge on any atom is -0.459 e. The van der Waals surface area contributed by atoms with Crippen molar-refractivity contribution >= 4 is 17.8 Å². The molecule has 9 heteroatoms. The molecule has 0 fully saturated rings. The first-order valence-corrected chi connectivity index (χ1v) is 10.4. The zero-order valence-corrected chi connectivity index (χ0v) is 17.8. The van der Waals surface area contributed by atoms with E-state index in [0.717, 1.165) is 10.5 Å². The quantitative estimate of drug-likeness (QED) is 0.397. The van der Waals surface area contributed by atoms with Crippen molar-refractivity contribution in [2.45, 2.75) is 39.5 Å². The Bertz CT molecular complexity index is 1110. The van der Waals surface area contributed by atoms with Gasteiger partial charge in [0, 0.05) is 0 Å². The molecule has 9 nitrogen and oxygen atoms in total. The molecule has 0 unspecified atom stereocenters. The summed E-state index contributed by atoms with van der Waals surface area (Å²) in [6.45, 7) is 3.85. The number of rotatable bonds is 8. The van der Waals surface area contributed by atoms with Crippen LogP contribution in [0.2, 0.25) is 0 Å². The molecular weight excluding hydrogens is 410 g/mol. The highest BCUT2D eigenvalue weighted by molar-refractivity contribution is 6.21. The maximum Gasteiger partial charge on any atom is 0.331 e. The van der Waals surface area contributed by atoms with E-state index in [1.165, 1.54) is 4.68 Å². The van der Waals surface area contributed by atoms with Crippen LogP contribution in [0.3, 0.4) is 0 Å². The Hall–Kier alpha value is -3.88. The predicted molar refractivity (Wildman–Crippen MR) is 113 cm³/mol. The third-order valence-corrected chi connectivity index (χ3v) is 5.65. The van der Waals surface area contributed by atoms with Gasteiger partial charge in [0.2, 0.25) is 0 Å². The van der Waals surface area contributed by atoms with E-state index in [1.807, 2.05) is 44.2 Å². The molecule has 2 atom stereocenters. The van der Waals surface area contributed by atoms with Gasteiger partial charge in [0.15, 0.2) is 11.9 Å². The Morgan fingerprint density at radius 3 is 2.25 bits per heavy atom. The van der Waals surface area contributed by atoms with E-state index >= 15 is 0 Å². The molecule has 2 heterocycles. The van der Waals surface area contributed by atoms with Crippen molar-refractivity contribution in [1.29, 1.82) is 0 Å². The maximum absolute atomic E-state index is 13.0. The standard InChI is InChI=1S/C23H23N5O4/c1-3-15(2)20(23(31)32-14-16-9-5-4-6-10-16)28-19(24-25-26-28)13-27-21(29)17-11-7-8-12-18(17)22(27)30/h4-12,15,20H,3,13-14H2,1-2H3/t15-,20-/m0/s1. The fourth-order valence-electron chi connectivity index (χ4n) is 3.67. The zero-order chi connectivity index (χ0) is 22.7. The number of hydrogen-bond donors (Lipinski definition) is 0. The Morgan fingerprint density at radius 2 is 1.62 bits per heavy atom. The molecule has 0 saturated heterocycles. The van der Waals surface area contributed by atoms with E-state index in [-0.39, 0.29) is 24.9 Å².